The summed E-state index contributed by atoms with van der Waals surface area (Å²) in [5, 5.41) is 7.05. The summed E-state index contributed by atoms with van der Waals surface area (Å²) < 4.78 is 2.13. The largest absolute Gasteiger partial charge is 0.354 e. The third kappa shape index (κ3) is 4.02. The van der Waals surface area contributed by atoms with Gasteiger partial charge in [0.25, 0.3) is 0 Å². The van der Waals surface area contributed by atoms with Gasteiger partial charge in [-0.3, -0.25) is 0 Å². The molecule has 2 rings (SSSR count). The van der Waals surface area contributed by atoms with Crippen LogP contribution in [0, 0.1) is 0 Å². The number of hydrogen-bond donors (Lipinski definition) is 2. The van der Waals surface area contributed by atoms with Crippen LogP contribution < -0.4 is 10.6 Å². The number of nitrogens with one attached hydrogen (secondary N) is 2. The monoisotopic (exact) mass is 250 g/mol. The molecule has 1 heterocycles. The smallest absolute Gasteiger partial charge is 0.202 e. The molecular weight excluding hydrogens is 224 g/mol. The van der Waals surface area contributed by atoms with Crippen LogP contribution in [0.2, 0.25) is 0 Å². The van der Waals surface area contributed by atoms with Crippen molar-refractivity contribution in [1.29, 1.82) is 0 Å². The Kier molecular flexibility index (Phi) is 5.52. The lowest BCUT2D eigenvalue weighted by molar-refractivity contribution is 0.468. The van der Waals surface area contributed by atoms with Crippen molar-refractivity contribution in [1.82, 2.24) is 14.9 Å². The Bertz CT molecular complexity index is 326. The average Bonchev–Trinajstić information content (AvgIpc) is 2.69. The van der Waals surface area contributed by atoms with Gasteiger partial charge in [-0.2, -0.15) is 0 Å². The summed E-state index contributed by atoms with van der Waals surface area (Å²) in [5.74, 6) is 0.986. The Morgan fingerprint density at radius 2 is 2.00 bits per heavy atom. The number of nitrogens with zero attached hydrogens (tertiary/aromatic N) is 2. The van der Waals surface area contributed by atoms with Crippen LogP contribution in [0.15, 0.2) is 12.4 Å². The molecule has 0 aromatic carbocycles. The standard InChI is InChI=1S/C14H26N4/c1-2-18-12-11-17-14(18)16-10-9-15-13-7-5-3-4-6-8-13/h11-13,15H,2-10H2,1H3,(H,16,17). The van der Waals surface area contributed by atoms with Gasteiger partial charge in [-0.1, -0.05) is 25.7 Å². The second-order valence-corrected chi connectivity index (χ2v) is 5.11. The molecule has 2 N–H and O–H groups in total. The molecule has 1 saturated carbocycles. The van der Waals surface area contributed by atoms with Crippen molar-refractivity contribution < 1.29 is 0 Å². The predicted octanol–water partition coefficient (Wildman–Crippen LogP) is 2.63. The second-order valence-electron chi connectivity index (χ2n) is 5.11. The molecule has 18 heavy (non-hydrogen) atoms. The minimum absolute atomic E-state index is 0.736. The molecule has 1 aromatic heterocycles. The molecule has 0 spiro atoms. The van der Waals surface area contributed by atoms with Crippen molar-refractivity contribution in [2.24, 2.45) is 0 Å². The molecule has 0 unspecified atom stereocenters. The first-order valence-corrected chi connectivity index (χ1v) is 7.38. The first kappa shape index (κ1) is 13.4. The van der Waals surface area contributed by atoms with E-state index < -0.39 is 0 Å². The summed E-state index contributed by atoms with van der Waals surface area (Å²) >= 11 is 0. The summed E-state index contributed by atoms with van der Waals surface area (Å²) in [4.78, 5) is 4.31. The van der Waals surface area contributed by atoms with E-state index in [1.54, 1.807) is 0 Å². The Balaban J connectivity index is 1.63. The normalized spacial score (nSPS) is 17.6. The SMILES string of the molecule is CCn1ccnc1NCCNC1CCCCCC1. The number of aromatic nitrogens is 2. The highest BCUT2D eigenvalue weighted by molar-refractivity contribution is 5.25. The maximum absolute atomic E-state index is 4.31. The maximum Gasteiger partial charge on any atom is 0.202 e. The van der Waals surface area contributed by atoms with E-state index in [0.717, 1.165) is 31.6 Å². The van der Waals surface area contributed by atoms with Gasteiger partial charge in [-0.25, -0.2) is 4.98 Å². The molecule has 4 nitrogen and oxygen atoms in total. The molecule has 1 aromatic rings. The summed E-state index contributed by atoms with van der Waals surface area (Å²) in [7, 11) is 0. The van der Waals surface area contributed by atoms with Crippen molar-refractivity contribution in [2.45, 2.75) is 58.0 Å². The van der Waals surface area contributed by atoms with Gasteiger partial charge >= 0.3 is 0 Å². The topological polar surface area (TPSA) is 41.9 Å². The third-order valence-electron chi connectivity index (χ3n) is 3.75. The van der Waals surface area contributed by atoms with Gasteiger partial charge in [-0.05, 0) is 19.8 Å². The Morgan fingerprint density at radius 3 is 2.72 bits per heavy atom. The van der Waals surface area contributed by atoms with Gasteiger partial charge in [0.05, 0.1) is 0 Å². The summed E-state index contributed by atoms with van der Waals surface area (Å²) in [6.45, 7) is 5.09. The van der Waals surface area contributed by atoms with Gasteiger partial charge in [0.1, 0.15) is 0 Å². The molecule has 4 heteroatoms. The molecule has 1 aliphatic carbocycles. The molecule has 0 radical (unpaired) electrons. The lowest BCUT2D eigenvalue weighted by Gasteiger charge is -2.16. The second kappa shape index (κ2) is 7.41. The van der Waals surface area contributed by atoms with Crippen molar-refractivity contribution >= 4 is 5.95 Å². The fourth-order valence-corrected chi connectivity index (χ4v) is 2.67. The minimum Gasteiger partial charge on any atom is -0.354 e. The summed E-state index contributed by atoms with van der Waals surface area (Å²) in [6.07, 6.45) is 12.2. The van der Waals surface area contributed by atoms with Gasteiger partial charge in [0, 0.05) is 38.1 Å². The molecule has 0 aliphatic heterocycles. The van der Waals surface area contributed by atoms with E-state index in [4.69, 9.17) is 0 Å². The highest BCUT2D eigenvalue weighted by Gasteiger charge is 2.10. The minimum atomic E-state index is 0.736. The van der Waals surface area contributed by atoms with E-state index in [1.165, 1.54) is 38.5 Å². The van der Waals surface area contributed by atoms with E-state index in [9.17, 15) is 0 Å². The van der Waals surface area contributed by atoms with Crippen molar-refractivity contribution in [3.8, 4) is 0 Å². The molecule has 0 bridgehead atoms. The van der Waals surface area contributed by atoms with Gasteiger partial charge < -0.3 is 15.2 Å². The lowest BCUT2D eigenvalue weighted by Crippen LogP contribution is -2.32. The van der Waals surface area contributed by atoms with Gasteiger partial charge in [-0.15, -0.1) is 0 Å². The fourth-order valence-electron chi connectivity index (χ4n) is 2.67. The third-order valence-corrected chi connectivity index (χ3v) is 3.75. The molecule has 1 fully saturated rings. The van der Waals surface area contributed by atoms with E-state index in [2.05, 4.69) is 27.1 Å². The fraction of sp³-hybridized carbons (Fsp3) is 0.786. The summed E-state index contributed by atoms with van der Waals surface area (Å²) in [6, 6.07) is 0.736. The van der Waals surface area contributed by atoms with Crippen LogP contribution in [0.1, 0.15) is 45.4 Å². The first-order chi connectivity index (χ1) is 8.90. The van der Waals surface area contributed by atoms with Gasteiger partial charge in [0.15, 0.2) is 0 Å². The van der Waals surface area contributed by atoms with Gasteiger partial charge in [0.2, 0.25) is 5.95 Å². The maximum atomic E-state index is 4.31. The van der Waals surface area contributed by atoms with Crippen LogP contribution in [0.3, 0.4) is 0 Å². The zero-order valence-corrected chi connectivity index (χ0v) is 11.5. The van der Waals surface area contributed by atoms with Crippen molar-refractivity contribution in [2.75, 3.05) is 18.4 Å². The van der Waals surface area contributed by atoms with Crippen molar-refractivity contribution in [3.05, 3.63) is 12.4 Å². The molecular formula is C14H26N4. The quantitative estimate of drug-likeness (QED) is 0.602. The van der Waals surface area contributed by atoms with Crippen LogP contribution in [0.5, 0.6) is 0 Å². The van der Waals surface area contributed by atoms with Crippen LogP contribution in [-0.4, -0.2) is 28.7 Å². The van der Waals surface area contributed by atoms with E-state index >= 15 is 0 Å². The Hall–Kier alpha value is -1.03. The Labute approximate surface area is 110 Å². The molecule has 1 aliphatic rings. The number of anilines is 1. The zero-order valence-electron chi connectivity index (χ0n) is 11.5. The Morgan fingerprint density at radius 1 is 1.22 bits per heavy atom. The zero-order chi connectivity index (χ0) is 12.6. The molecule has 102 valence electrons. The number of rotatable bonds is 6. The van der Waals surface area contributed by atoms with Crippen LogP contribution in [-0.2, 0) is 6.54 Å². The summed E-state index contributed by atoms with van der Waals surface area (Å²) in [5.41, 5.74) is 0. The average molecular weight is 250 g/mol. The molecule has 0 atom stereocenters. The highest BCUT2D eigenvalue weighted by atomic mass is 15.2. The highest BCUT2D eigenvalue weighted by Crippen LogP contribution is 2.16. The van der Waals surface area contributed by atoms with E-state index in [0.29, 0.717) is 0 Å². The van der Waals surface area contributed by atoms with E-state index in [-0.39, 0.29) is 0 Å². The van der Waals surface area contributed by atoms with Crippen molar-refractivity contribution in [3.63, 3.8) is 0 Å². The molecule has 0 saturated heterocycles. The van der Waals surface area contributed by atoms with Crippen LogP contribution in [0.25, 0.3) is 0 Å². The molecule has 0 amide bonds. The van der Waals surface area contributed by atoms with Crippen LogP contribution in [0.4, 0.5) is 5.95 Å². The number of hydrogen-bond acceptors (Lipinski definition) is 3. The van der Waals surface area contributed by atoms with E-state index in [1.807, 2.05) is 12.4 Å². The number of imidazole rings is 1. The lowest BCUT2D eigenvalue weighted by atomic mass is 10.1. The van der Waals surface area contributed by atoms with Crippen LogP contribution >= 0.6 is 0 Å². The first-order valence-electron chi connectivity index (χ1n) is 7.38. The number of aryl methyl sites for hydroxylation is 1. The predicted molar refractivity (Wildman–Crippen MR) is 75.9 cm³/mol.